The summed E-state index contributed by atoms with van der Waals surface area (Å²) in [6.07, 6.45) is -4.65. The van der Waals surface area contributed by atoms with Crippen molar-refractivity contribution in [3.63, 3.8) is 0 Å². The highest BCUT2D eigenvalue weighted by molar-refractivity contribution is 5.55. The Bertz CT molecular complexity index is 522. The highest BCUT2D eigenvalue weighted by atomic mass is 19.4. The molecule has 1 heterocycles. The Labute approximate surface area is 93.7 Å². The zero-order valence-electron chi connectivity index (χ0n) is 8.40. The van der Waals surface area contributed by atoms with Crippen molar-refractivity contribution in [2.24, 2.45) is 0 Å². The zero-order valence-corrected chi connectivity index (χ0v) is 8.40. The van der Waals surface area contributed by atoms with Crippen molar-refractivity contribution in [3.8, 4) is 11.4 Å². The number of nitrogens with zero attached hydrogens (tertiary/aromatic N) is 2. The molecule has 17 heavy (non-hydrogen) atoms. The number of alkyl halides is 3. The molecule has 90 valence electrons. The third-order valence-electron chi connectivity index (χ3n) is 2.04. The van der Waals surface area contributed by atoms with Crippen LogP contribution in [0.5, 0.6) is 0 Å². The Balaban J connectivity index is 2.37. The minimum atomic E-state index is -4.65. The Morgan fingerprint density at radius 2 is 2.06 bits per heavy atom. The number of halogens is 3. The smallest absolute Gasteiger partial charge is 0.392 e. The fraction of sp³-hybridized carbons (Fsp3) is 0.200. The molecule has 1 aromatic carbocycles. The van der Waals surface area contributed by atoms with Crippen LogP contribution < -0.4 is 0 Å². The Morgan fingerprint density at radius 3 is 2.65 bits per heavy atom. The number of rotatable bonds is 2. The predicted octanol–water partition coefficient (Wildman–Crippen LogP) is 2.25. The van der Waals surface area contributed by atoms with Gasteiger partial charge in [-0.2, -0.15) is 18.2 Å². The number of aromatic nitrogens is 2. The average Bonchev–Trinajstić information content (AvgIpc) is 2.78. The van der Waals surface area contributed by atoms with Crippen molar-refractivity contribution in [3.05, 3.63) is 35.7 Å². The molecule has 1 N–H and O–H groups in total. The van der Waals surface area contributed by atoms with E-state index in [-0.39, 0.29) is 12.4 Å². The molecule has 0 bridgehead atoms. The summed E-state index contributed by atoms with van der Waals surface area (Å²) in [4.78, 5) is 3.24. The molecule has 0 unspecified atom stereocenters. The first-order valence-electron chi connectivity index (χ1n) is 4.62. The van der Waals surface area contributed by atoms with Gasteiger partial charge in [-0.25, -0.2) is 0 Å². The number of benzene rings is 1. The van der Waals surface area contributed by atoms with Crippen LogP contribution in [0.4, 0.5) is 13.2 Å². The van der Waals surface area contributed by atoms with E-state index in [1.165, 1.54) is 12.1 Å². The van der Waals surface area contributed by atoms with E-state index in [1.54, 1.807) is 12.1 Å². The van der Waals surface area contributed by atoms with E-state index in [0.717, 1.165) is 0 Å². The molecular weight excluding hydrogens is 237 g/mol. The number of hydrogen-bond donors (Lipinski definition) is 1. The second kappa shape index (κ2) is 4.17. The summed E-state index contributed by atoms with van der Waals surface area (Å²) in [5.74, 6) is -1.55. The Hall–Kier alpha value is -1.89. The first-order chi connectivity index (χ1) is 8.00. The molecule has 0 amide bonds. The maximum absolute atomic E-state index is 12.2. The van der Waals surface area contributed by atoms with Gasteiger partial charge in [0.15, 0.2) is 0 Å². The molecule has 0 aliphatic heterocycles. The van der Waals surface area contributed by atoms with Crippen LogP contribution in [0.15, 0.2) is 28.8 Å². The summed E-state index contributed by atoms with van der Waals surface area (Å²) >= 11 is 0. The van der Waals surface area contributed by atoms with Crippen LogP contribution in [-0.4, -0.2) is 15.2 Å². The van der Waals surface area contributed by atoms with Crippen LogP contribution in [0, 0.1) is 0 Å². The Morgan fingerprint density at radius 1 is 1.29 bits per heavy atom. The van der Waals surface area contributed by atoms with Crippen molar-refractivity contribution >= 4 is 0 Å². The number of hydrogen-bond acceptors (Lipinski definition) is 4. The lowest BCUT2D eigenvalue weighted by molar-refractivity contribution is -0.159. The predicted molar refractivity (Wildman–Crippen MR) is 50.7 cm³/mol. The van der Waals surface area contributed by atoms with E-state index < -0.39 is 12.1 Å². The summed E-state index contributed by atoms with van der Waals surface area (Å²) in [7, 11) is 0. The molecule has 0 fully saturated rings. The van der Waals surface area contributed by atoms with Gasteiger partial charge >= 0.3 is 12.1 Å². The summed E-state index contributed by atoms with van der Waals surface area (Å²) in [6.45, 7) is -0.210. The monoisotopic (exact) mass is 244 g/mol. The molecule has 2 rings (SSSR count). The average molecular weight is 244 g/mol. The normalized spacial score (nSPS) is 11.8. The van der Waals surface area contributed by atoms with E-state index in [0.29, 0.717) is 11.1 Å². The molecular formula is C10H7F3N2O2. The van der Waals surface area contributed by atoms with Gasteiger partial charge in [0.25, 0.3) is 0 Å². The van der Waals surface area contributed by atoms with E-state index >= 15 is 0 Å². The molecule has 0 atom stereocenters. The van der Waals surface area contributed by atoms with Gasteiger partial charge in [-0.15, -0.1) is 0 Å². The molecule has 0 saturated heterocycles. The lowest BCUT2D eigenvalue weighted by atomic mass is 10.1. The quantitative estimate of drug-likeness (QED) is 0.880. The molecule has 0 radical (unpaired) electrons. The highest BCUT2D eigenvalue weighted by Gasteiger charge is 2.38. The number of aliphatic hydroxyl groups is 1. The van der Waals surface area contributed by atoms with Gasteiger partial charge in [0.05, 0.1) is 6.61 Å². The van der Waals surface area contributed by atoms with Gasteiger partial charge < -0.3 is 9.63 Å². The van der Waals surface area contributed by atoms with Crippen molar-refractivity contribution in [1.29, 1.82) is 0 Å². The van der Waals surface area contributed by atoms with Gasteiger partial charge in [0, 0.05) is 5.56 Å². The van der Waals surface area contributed by atoms with Crippen LogP contribution in [-0.2, 0) is 12.8 Å². The minimum absolute atomic E-state index is 0.160. The standard InChI is InChI=1S/C10H7F3N2O2/c11-10(12,13)9-14-8(15-17-9)7-3-1-2-6(4-7)5-16/h1-4,16H,5H2. The summed E-state index contributed by atoms with van der Waals surface area (Å²) < 4.78 is 40.8. The lowest BCUT2D eigenvalue weighted by Gasteiger charge is -1.98. The minimum Gasteiger partial charge on any atom is -0.392 e. The third kappa shape index (κ3) is 2.44. The zero-order chi connectivity index (χ0) is 12.5. The van der Waals surface area contributed by atoms with Crippen LogP contribution in [0.1, 0.15) is 11.5 Å². The van der Waals surface area contributed by atoms with E-state index in [1.807, 2.05) is 0 Å². The molecule has 1 aromatic heterocycles. The second-order valence-corrected chi connectivity index (χ2v) is 3.28. The fourth-order valence-electron chi connectivity index (χ4n) is 1.26. The summed E-state index contributed by atoms with van der Waals surface area (Å²) in [5, 5.41) is 12.1. The van der Waals surface area contributed by atoms with Crippen molar-refractivity contribution < 1.29 is 22.8 Å². The molecule has 4 nitrogen and oxygen atoms in total. The Kier molecular flexibility index (Phi) is 2.84. The van der Waals surface area contributed by atoms with Crippen LogP contribution in [0.3, 0.4) is 0 Å². The third-order valence-corrected chi connectivity index (χ3v) is 2.04. The maximum atomic E-state index is 12.2. The molecule has 0 aliphatic carbocycles. The maximum Gasteiger partial charge on any atom is 0.471 e. The largest absolute Gasteiger partial charge is 0.471 e. The van der Waals surface area contributed by atoms with Crippen LogP contribution in [0.2, 0.25) is 0 Å². The molecule has 2 aromatic rings. The molecule has 0 saturated carbocycles. The van der Waals surface area contributed by atoms with E-state index in [2.05, 4.69) is 14.7 Å². The first-order valence-corrected chi connectivity index (χ1v) is 4.62. The molecule has 7 heteroatoms. The second-order valence-electron chi connectivity index (χ2n) is 3.28. The van der Waals surface area contributed by atoms with Gasteiger partial charge in [-0.05, 0) is 11.6 Å². The topological polar surface area (TPSA) is 59.2 Å². The summed E-state index contributed by atoms with van der Waals surface area (Å²) in [6, 6.07) is 6.24. The van der Waals surface area contributed by atoms with E-state index in [4.69, 9.17) is 5.11 Å². The molecule has 0 spiro atoms. The van der Waals surface area contributed by atoms with Gasteiger partial charge in [0.2, 0.25) is 5.82 Å². The molecule has 0 aliphatic rings. The van der Waals surface area contributed by atoms with Gasteiger partial charge in [-0.1, -0.05) is 23.4 Å². The van der Waals surface area contributed by atoms with Crippen molar-refractivity contribution in [1.82, 2.24) is 10.1 Å². The number of aliphatic hydroxyl groups excluding tert-OH is 1. The van der Waals surface area contributed by atoms with Crippen LogP contribution in [0.25, 0.3) is 11.4 Å². The van der Waals surface area contributed by atoms with Crippen molar-refractivity contribution in [2.75, 3.05) is 0 Å². The van der Waals surface area contributed by atoms with Crippen LogP contribution >= 0.6 is 0 Å². The lowest BCUT2D eigenvalue weighted by Crippen LogP contribution is -2.04. The van der Waals surface area contributed by atoms with E-state index in [9.17, 15) is 13.2 Å². The van der Waals surface area contributed by atoms with Crippen molar-refractivity contribution in [2.45, 2.75) is 12.8 Å². The summed E-state index contributed by atoms with van der Waals surface area (Å²) in [5.41, 5.74) is 0.914. The van der Waals surface area contributed by atoms with Gasteiger partial charge in [-0.3, -0.25) is 0 Å². The first kappa shape index (κ1) is 11.6. The SMILES string of the molecule is OCc1cccc(-c2noc(C(F)(F)F)n2)c1. The van der Waals surface area contributed by atoms with Gasteiger partial charge in [0.1, 0.15) is 0 Å². The highest BCUT2D eigenvalue weighted by Crippen LogP contribution is 2.29. The fourth-order valence-corrected chi connectivity index (χ4v) is 1.26.